The minimum Gasteiger partial charge on any atom is -0.475 e. The van der Waals surface area contributed by atoms with Crippen LogP contribution in [0, 0.1) is 23.1 Å². The fourth-order valence-corrected chi connectivity index (χ4v) is 6.14. The van der Waals surface area contributed by atoms with Gasteiger partial charge in [-0.05, 0) is 49.9 Å². The Bertz CT molecular complexity index is 1690. The second-order valence-corrected chi connectivity index (χ2v) is 11.1. The number of hydrogen-bond donors (Lipinski definition) is 1. The molecule has 7 rings (SSSR count). The van der Waals surface area contributed by atoms with Gasteiger partial charge in [-0.25, -0.2) is 19.2 Å². The quantitative estimate of drug-likeness (QED) is 0.321. The van der Waals surface area contributed by atoms with Crippen molar-refractivity contribution in [1.82, 2.24) is 19.4 Å². The summed E-state index contributed by atoms with van der Waals surface area (Å²) in [5, 5.41) is 18.3. The number of furan rings is 1. The second kappa shape index (κ2) is 9.98. The summed E-state index contributed by atoms with van der Waals surface area (Å²) in [5.41, 5.74) is 2.69. The summed E-state index contributed by atoms with van der Waals surface area (Å²) in [7, 11) is 0. The highest BCUT2D eigenvalue weighted by molar-refractivity contribution is 5.89. The van der Waals surface area contributed by atoms with E-state index in [9.17, 15) is 14.3 Å². The van der Waals surface area contributed by atoms with Crippen molar-refractivity contribution in [3.05, 3.63) is 76.7 Å². The van der Waals surface area contributed by atoms with E-state index < -0.39 is 11.8 Å². The van der Waals surface area contributed by atoms with Crippen LogP contribution in [0.25, 0.3) is 11.2 Å². The number of aromatic nitrogens is 3. The lowest BCUT2D eigenvalue weighted by molar-refractivity contribution is -0.0595. The fraction of sp³-hybridized carbons (Fsp3) is 0.400. The van der Waals surface area contributed by atoms with Gasteiger partial charge in [0, 0.05) is 36.3 Å². The van der Waals surface area contributed by atoms with Crippen molar-refractivity contribution in [2.24, 2.45) is 5.92 Å². The number of benzene rings is 1. The second-order valence-electron chi connectivity index (χ2n) is 11.1. The summed E-state index contributed by atoms with van der Waals surface area (Å²) in [6, 6.07) is 13.5. The maximum absolute atomic E-state index is 14.3. The molecule has 0 bridgehead atoms. The van der Waals surface area contributed by atoms with E-state index in [2.05, 4.69) is 4.90 Å². The molecular formula is C30H28FN5O5. The Kier molecular flexibility index (Phi) is 6.25. The van der Waals surface area contributed by atoms with Gasteiger partial charge in [0.05, 0.1) is 36.5 Å². The zero-order valence-corrected chi connectivity index (χ0v) is 22.3. The molecule has 3 aliphatic rings. The molecule has 3 fully saturated rings. The molecule has 2 saturated heterocycles. The third-order valence-electron chi connectivity index (χ3n) is 8.63. The highest BCUT2D eigenvalue weighted by atomic mass is 19.1. The Labute approximate surface area is 234 Å². The number of fused-ring (bicyclic) bond motifs is 2. The van der Waals surface area contributed by atoms with Crippen LogP contribution in [0.3, 0.4) is 0 Å². The maximum atomic E-state index is 14.3. The van der Waals surface area contributed by atoms with Gasteiger partial charge in [-0.2, -0.15) is 5.26 Å². The smallest absolute Gasteiger partial charge is 0.371 e. The van der Waals surface area contributed by atoms with Crippen molar-refractivity contribution < 1.29 is 28.2 Å². The third-order valence-corrected chi connectivity index (χ3v) is 8.63. The number of carbonyl (C=O) groups is 1. The molecular weight excluding hydrogens is 529 g/mol. The van der Waals surface area contributed by atoms with Crippen molar-refractivity contribution in [2.75, 3.05) is 19.7 Å². The summed E-state index contributed by atoms with van der Waals surface area (Å²) in [6.45, 7) is 3.76. The van der Waals surface area contributed by atoms with Gasteiger partial charge in [-0.3, -0.25) is 9.47 Å². The van der Waals surface area contributed by atoms with E-state index >= 15 is 0 Å². The highest BCUT2D eigenvalue weighted by Gasteiger charge is 2.58. The number of likely N-dealkylation sites (tertiary alicyclic amines) is 1. The molecule has 11 heteroatoms. The number of piperidine rings is 1. The molecule has 41 heavy (non-hydrogen) atoms. The lowest BCUT2D eigenvalue weighted by Crippen LogP contribution is -2.37. The van der Waals surface area contributed by atoms with Gasteiger partial charge in [0.2, 0.25) is 17.4 Å². The SMILES string of the molecule is N#Cc1ccc(COc2cccc([C@]34CCN(Cc5nc6cc(C(=O)O)oc6n5CC5CCO5)C[C@H]3C4)n2)c(F)c1. The molecule has 0 amide bonds. The highest BCUT2D eigenvalue weighted by Crippen LogP contribution is 2.59. The van der Waals surface area contributed by atoms with Crippen molar-refractivity contribution in [1.29, 1.82) is 5.26 Å². The molecule has 1 saturated carbocycles. The lowest BCUT2D eigenvalue weighted by atomic mass is 9.91. The minimum atomic E-state index is -1.11. The van der Waals surface area contributed by atoms with E-state index in [1.165, 1.54) is 12.1 Å². The van der Waals surface area contributed by atoms with Gasteiger partial charge in [0.1, 0.15) is 23.8 Å². The number of pyridine rings is 1. The Balaban J connectivity index is 1.03. The number of rotatable bonds is 9. The average Bonchev–Trinajstić information content (AvgIpc) is 3.40. The number of imidazole rings is 1. The lowest BCUT2D eigenvalue weighted by Gasteiger charge is -2.32. The van der Waals surface area contributed by atoms with E-state index in [4.69, 9.17) is 29.1 Å². The summed E-state index contributed by atoms with van der Waals surface area (Å²) < 4.78 is 33.4. The molecule has 0 radical (unpaired) electrons. The Morgan fingerprint density at radius 1 is 1.27 bits per heavy atom. The summed E-state index contributed by atoms with van der Waals surface area (Å²) in [6.07, 6.45) is 3.03. The number of nitriles is 1. The molecule has 2 aliphatic heterocycles. The van der Waals surface area contributed by atoms with Crippen LogP contribution in [0.2, 0.25) is 0 Å². The number of ether oxygens (including phenoxy) is 2. The van der Waals surface area contributed by atoms with Crippen LogP contribution in [0.4, 0.5) is 4.39 Å². The van der Waals surface area contributed by atoms with Gasteiger partial charge >= 0.3 is 5.97 Å². The predicted octanol–water partition coefficient (Wildman–Crippen LogP) is 4.26. The molecule has 1 unspecified atom stereocenters. The zero-order valence-electron chi connectivity index (χ0n) is 22.3. The Hall–Kier alpha value is -4.27. The first-order chi connectivity index (χ1) is 19.9. The third kappa shape index (κ3) is 4.73. The Morgan fingerprint density at radius 3 is 2.88 bits per heavy atom. The zero-order chi connectivity index (χ0) is 28.1. The van der Waals surface area contributed by atoms with Crippen molar-refractivity contribution >= 4 is 17.2 Å². The van der Waals surface area contributed by atoms with Crippen LogP contribution in [0.5, 0.6) is 5.88 Å². The van der Waals surface area contributed by atoms with Crippen LogP contribution in [-0.4, -0.2) is 56.3 Å². The summed E-state index contributed by atoms with van der Waals surface area (Å²) in [5.74, 6) is 0.0694. The topological polar surface area (TPSA) is 127 Å². The van der Waals surface area contributed by atoms with Crippen LogP contribution in [-0.2, 0) is 29.8 Å². The van der Waals surface area contributed by atoms with Gasteiger partial charge in [-0.1, -0.05) is 12.1 Å². The molecule has 5 heterocycles. The molecule has 1 aliphatic carbocycles. The molecule has 210 valence electrons. The number of carboxylic acid groups (broad SMARTS) is 1. The van der Waals surface area contributed by atoms with Gasteiger partial charge < -0.3 is 19.0 Å². The van der Waals surface area contributed by atoms with E-state index in [1.54, 1.807) is 18.2 Å². The summed E-state index contributed by atoms with van der Waals surface area (Å²) in [4.78, 5) is 23.3. The van der Waals surface area contributed by atoms with Crippen molar-refractivity contribution in [3.8, 4) is 11.9 Å². The molecule has 10 nitrogen and oxygen atoms in total. The largest absolute Gasteiger partial charge is 0.475 e. The normalized spacial score (nSPS) is 23.5. The summed E-state index contributed by atoms with van der Waals surface area (Å²) >= 11 is 0. The molecule has 4 aromatic rings. The van der Waals surface area contributed by atoms with Crippen LogP contribution >= 0.6 is 0 Å². The first kappa shape index (κ1) is 25.7. The Morgan fingerprint density at radius 2 is 2.15 bits per heavy atom. The van der Waals surface area contributed by atoms with Gasteiger partial charge in [0.15, 0.2) is 0 Å². The van der Waals surface area contributed by atoms with Gasteiger partial charge in [0.25, 0.3) is 0 Å². The monoisotopic (exact) mass is 557 g/mol. The van der Waals surface area contributed by atoms with E-state index in [-0.39, 0.29) is 29.4 Å². The maximum Gasteiger partial charge on any atom is 0.371 e. The fourth-order valence-electron chi connectivity index (χ4n) is 6.14. The van der Waals surface area contributed by atoms with Gasteiger partial charge in [-0.15, -0.1) is 0 Å². The van der Waals surface area contributed by atoms with Crippen molar-refractivity contribution in [2.45, 2.75) is 50.5 Å². The molecule has 1 N–H and O–H groups in total. The first-order valence-corrected chi connectivity index (χ1v) is 13.8. The number of nitrogens with zero attached hydrogens (tertiary/aromatic N) is 5. The van der Waals surface area contributed by atoms with Crippen LogP contribution < -0.4 is 4.74 Å². The molecule has 3 aromatic heterocycles. The molecule has 3 atom stereocenters. The predicted molar refractivity (Wildman–Crippen MR) is 143 cm³/mol. The standard InChI is InChI=1S/C30H28FN5O5/c31-22-10-18(13-32)4-5-19(22)17-40-27-3-1-2-25(34-27)30-7-8-35(14-20(30)12-30)16-26-33-23-11-24(29(37)38)41-28(23)36(26)15-21-6-9-39-21/h1-5,10-11,20-21H,6-9,12,14-17H2,(H,37,38)/t20-,21?,30+/m1/s1. The average molecular weight is 558 g/mol. The van der Waals surface area contributed by atoms with Crippen molar-refractivity contribution in [3.63, 3.8) is 0 Å². The number of aromatic carboxylic acids is 1. The van der Waals surface area contributed by atoms with Crippen LogP contribution in [0.15, 0.2) is 46.9 Å². The minimum absolute atomic E-state index is 0.00868. The first-order valence-electron chi connectivity index (χ1n) is 13.8. The number of carboxylic acids is 1. The van der Waals surface area contributed by atoms with E-state index in [0.717, 1.165) is 50.5 Å². The number of hydrogen-bond acceptors (Lipinski definition) is 8. The molecule has 0 spiro atoms. The molecule has 1 aromatic carbocycles. The number of halogens is 1. The van der Waals surface area contributed by atoms with E-state index in [1.807, 2.05) is 22.8 Å². The van der Waals surface area contributed by atoms with E-state index in [0.29, 0.717) is 41.7 Å². The van der Waals surface area contributed by atoms with Crippen LogP contribution in [0.1, 0.15) is 52.5 Å².